The average Bonchev–Trinajstić information content (AvgIpc) is 2.29. The highest BCUT2D eigenvalue weighted by Gasteiger charge is 2.08. The molecule has 0 aliphatic rings. The third kappa shape index (κ3) is 10.7. The SMILES string of the molecule is CCN(CCO)CC[C@H](N)CCCCB(O)O. The quantitative estimate of drug-likeness (QED) is 0.296. The number of likely N-dealkylation sites (N-methyl/N-ethyl adjacent to an activating group) is 1. The Morgan fingerprint density at radius 2 is 1.88 bits per heavy atom. The maximum Gasteiger partial charge on any atom is 0.451 e. The fourth-order valence-corrected chi connectivity index (χ4v) is 1.80. The molecule has 17 heavy (non-hydrogen) atoms. The van der Waals surface area contributed by atoms with Crippen LogP contribution in [0, 0.1) is 0 Å². The van der Waals surface area contributed by atoms with Gasteiger partial charge in [-0.3, -0.25) is 0 Å². The number of hydrogen-bond donors (Lipinski definition) is 4. The molecule has 0 heterocycles. The van der Waals surface area contributed by atoms with Gasteiger partial charge in [0.15, 0.2) is 0 Å². The topological polar surface area (TPSA) is 90.0 Å². The van der Waals surface area contributed by atoms with Crippen LogP contribution in [-0.2, 0) is 0 Å². The average molecular weight is 246 g/mol. The molecule has 0 unspecified atom stereocenters. The van der Waals surface area contributed by atoms with E-state index in [0.717, 1.165) is 38.8 Å². The molecule has 0 saturated heterocycles. The molecule has 0 rings (SSSR count). The highest BCUT2D eigenvalue weighted by atomic mass is 16.4. The standard InChI is InChI=1S/C11H27BN2O3/c1-2-14(9-10-15)8-6-11(13)5-3-4-7-12(16)17/h11,15-17H,2-10,13H2,1H3/t11-/m1/s1. The van der Waals surface area contributed by atoms with Crippen molar-refractivity contribution < 1.29 is 15.2 Å². The van der Waals surface area contributed by atoms with Crippen molar-refractivity contribution in [3.8, 4) is 0 Å². The van der Waals surface area contributed by atoms with Gasteiger partial charge in [-0.05, 0) is 32.3 Å². The molecule has 0 aromatic carbocycles. The second-order valence-electron chi connectivity index (χ2n) is 4.47. The highest BCUT2D eigenvalue weighted by Crippen LogP contribution is 2.06. The summed E-state index contributed by atoms with van der Waals surface area (Å²) in [6.45, 7) is 4.83. The summed E-state index contributed by atoms with van der Waals surface area (Å²) in [5, 5.41) is 26.2. The Bertz CT molecular complexity index is 173. The van der Waals surface area contributed by atoms with Crippen molar-refractivity contribution in [2.24, 2.45) is 5.73 Å². The fourth-order valence-electron chi connectivity index (χ4n) is 1.80. The van der Waals surface area contributed by atoms with E-state index in [9.17, 15) is 0 Å². The molecule has 0 radical (unpaired) electrons. The van der Waals surface area contributed by atoms with Gasteiger partial charge in [0.05, 0.1) is 6.61 Å². The van der Waals surface area contributed by atoms with Gasteiger partial charge < -0.3 is 25.8 Å². The van der Waals surface area contributed by atoms with Crippen molar-refractivity contribution in [1.29, 1.82) is 0 Å². The van der Waals surface area contributed by atoms with Gasteiger partial charge in [-0.15, -0.1) is 0 Å². The third-order valence-electron chi connectivity index (χ3n) is 2.97. The van der Waals surface area contributed by atoms with Gasteiger partial charge in [-0.2, -0.15) is 0 Å². The normalized spacial score (nSPS) is 13.1. The molecule has 0 aromatic rings. The van der Waals surface area contributed by atoms with Crippen molar-refractivity contribution in [3.05, 3.63) is 0 Å². The molecule has 0 saturated carbocycles. The van der Waals surface area contributed by atoms with E-state index in [2.05, 4.69) is 11.8 Å². The summed E-state index contributed by atoms with van der Waals surface area (Å²) < 4.78 is 0. The van der Waals surface area contributed by atoms with Crippen LogP contribution in [0.5, 0.6) is 0 Å². The number of unbranched alkanes of at least 4 members (excludes halogenated alkanes) is 1. The molecule has 0 bridgehead atoms. The van der Waals surface area contributed by atoms with E-state index in [0.29, 0.717) is 12.9 Å². The first-order chi connectivity index (χ1) is 8.10. The van der Waals surface area contributed by atoms with Crippen LogP contribution in [0.4, 0.5) is 0 Å². The second kappa shape index (κ2) is 11.0. The van der Waals surface area contributed by atoms with Crippen LogP contribution in [0.2, 0.25) is 6.32 Å². The summed E-state index contributed by atoms with van der Waals surface area (Å²) >= 11 is 0. The summed E-state index contributed by atoms with van der Waals surface area (Å²) in [7, 11) is -1.19. The lowest BCUT2D eigenvalue weighted by atomic mass is 9.83. The second-order valence-corrected chi connectivity index (χ2v) is 4.47. The van der Waals surface area contributed by atoms with Gasteiger partial charge in [-0.25, -0.2) is 0 Å². The van der Waals surface area contributed by atoms with Crippen LogP contribution in [0.3, 0.4) is 0 Å². The fraction of sp³-hybridized carbons (Fsp3) is 1.00. The monoisotopic (exact) mass is 246 g/mol. The highest BCUT2D eigenvalue weighted by molar-refractivity contribution is 6.40. The number of nitrogens with two attached hydrogens (primary N) is 1. The molecule has 0 aromatic heterocycles. The molecule has 1 atom stereocenters. The number of rotatable bonds is 11. The van der Waals surface area contributed by atoms with Crippen LogP contribution in [0.1, 0.15) is 32.6 Å². The molecule has 102 valence electrons. The minimum absolute atomic E-state index is 0.165. The van der Waals surface area contributed by atoms with E-state index in [1.54, 1.807) is 0 Å². The number of nitrogens with zero attached hydrogens (tertiary/aromatic N) is 1. The molecule has 0 fully saturated rings. The van der Waals surface area contributed by atoms with Gasteiger partial charge in [0, 0.05) is 12.6 Å². The smallest absolute Gasteiger partial charge is 0.427 e. The molecule has 5 N–H and O–H groups in total. The van der Waals surface area contributed by atoms with Crippen molar-refractivity contribution in [2.75, 3.05) is 26.2 Å². The summed E-state index contributed by atoms with van der Waals surface area (Å²) in [5.41, 5.74) is 5.98. The van der Waals surface area contributed by atoms with Gasteiger partial charge in [0.25, 0.3) is 0 Å². The van der Waals surface area contributed by atoms with Gasteiger partial charge in [-0.1, -0.05) is 19.8 Å². The van der Waals surface area contributed by atoms with Crippen LogP contribution in [-0.4, -0.2) is 59.5 Å². The lowest BCUT2D eigenvalue weighted by molar-refractivity contribution is 0.197. The minimum Gasteiger partial charge on any atom is -0.427 e. The summed E-state index contributed by atoms with van der Waals surface area (Å²) in [4.78, 5) is 2.18. The van der Waals surface area contributed by atoms with Gasteiger partial charge >= 0.3 is 7.12 Å². The molecule has 5 nitrogen and oxygen atoms in total. The largest absolute Gasteiger partial charge is 0.451 e. The molecular weight excluding hydrogens is 219 g/mol. The Morgan fingerprint density at radius 3 is 2.41 bits per heavy atom. The van der Waals surface area contributed by atoms with E-state index >= 15 is 0 Å². The molecule has 0 spiro atoms. The predicted octanol–water partition coefficient (Wildman–Crippen LogP) is -0.339. The van der Waals surface area contributed by atoms with Crippen LogP contribution in [0.15, 0.2) is 0 Å². The molecular formula is C11H27BN2O3. The van der Waals surface area contributed by atoms with Crippen molar-refractivity contribution in [2.45, 2.75) is 45.0 Å². The Kier molecular flexibility index (Phi) is 10.9. The van der Waals surface area contributed by atoms with E-state index in [4.69, 9.17) is 20.9 Å². The Labute approximate surface area is 105 Å². The van der Waals surface area contributed by atoms with Gasteiger partial charge in [0.1, 0.15) is 0 Å². The molecule has 0 amide bonds. The summed E-state index contributed by atoms with van der Waals surface area (Å²) in [6.07, 6.45) is 4.02. The minimum atomic E-state index is -1.19. The van der Waals surface area contributed by atoms with E-state index < -0.39 is 7.12 Å². The lowest BCUT2D eigenvalue weighted by Crippen LogP contribution is -2.32. The number of hydrogen-bond acceptors (Lipinski definition) is 5. The third-order valence-corrected chi connectivity index (χ3v) is 2.97. The maximum atomic E-state index is 8.84. The lowest BCUT2D eigenvalue weighted by Gasteiger charge is -2.21. The van der Waals surface area contributed by atoms with E-state index in [1.807, 2.05) is 0 Å². The van der Waals surface area contributed by atoms with Crippen molar-refractivity contribution in [1.82, 2.24) is 4.90 Å². The number of aliphatic hydroxyl groups excluding tert-OH is 1. The van der Waals surface area contributed by atoms with Crippen LogP contribution >= 0.6 is 0 Å². The van der Waals surface area contributed by atoms with E-state index in [1.165, 1.54) is 0 Å². The van der Waals surface area contributed by atoms with Crippen LogP contribution in [0.25, 0.3) is 0 Å². The molecule has 6 heteroatoms. The molecule has 0 aliphatic heterocycles. The predicted molar refractivity (Wildman–Crippen MR) is 70.6 cm³/mol. The number of aliphatic hydroxyl groups is 1. The van der Waals surface area contributed by atoms with Gasteiger partial charge in [0.2, 0.25) is 0 Å². The summed E-state index contributed by atoms with van der Waals surface area (Å²) in [6, 6.07) is 0.165. The first-order valence-electron chi connectivity index (χ1n) is 6.55. The first-order valence-corrected chi connectivity index (χ1v) is 6.55. The zero-order valence-corrected chi connectivity index (χ0v) is 10.9. The Hall–Kier alpha value is -0.135. The van der Waals surface area contributed by atoms with E-state index in [-0.39, 0.29) is 12.6 Å². The zero-order valence-electron chi connectivity index (χ0n) is 10.9. The zero-order chi connectivity index (χ0) is 13.1. The van der Waals surface area contributed by atoms with Crippen molar-refractivity contribution >= 4 is 7.12 Å². The van der Waals surface area contributed by atoms with Crippen LogP contribution < -0.4 is 5.73 Å². The maximum absolute atomic E-state index is 8.84. The first kappa shape index (κ1) is 16.9. The Morgan fingerprint density at radius 1 is 1.18 bits per heavy atom. The molecule has 0 aliphatic carbocycles. The summed E-state index contributed by atoms with van der Waals surface area (Å²) in [5.74, 6) is 0. The van der Waals surface area contributed by atoms with Crippen molar-refractivity contribution in [3.63, 3.8) is 0 Å². The Balaban J connectivity index is 3.47.